The molecule has 152 valence electrons. The van der Waals surface area contributed by atoms with Crippen molar-refractivity contribution >= 4 is 15.7 Å². The first-order chi connectivity index (χ1) is 13.5. The van der Waals surface area contributed by atoms with Crippen LogP contribution in [0.25, 0.3) is 11.1 Å². The number of nitrogens with one attached hydrogen (secondary N) is 1. The van der Waals surface area contributed by atoms with Gasteiger partial charge in [0.1, 0.15) is 0 Å². The maximum atomic E-state index is 12.9. The van der Waals surface area contributed by atoms with E-state index in [4.69, 9.17) is 0 Å². The Bertz CT molecular complexity index is 1130. The first-order valence-corrected chi connectivity index (χ1v) is 9.94. The van der Waals surface area contributed by atoms with Crippen molar-refractivity contribution in [3.05, 3.63) is 72.1 Å². The Labute approximate surface area is 166 Å². The Morgan fingerprint density at radius 1 is 1.00 bits per heavy atom. The molecule has 29 heavy (non-hydrogen) atoms. The Kier molecular flexibility index (Phi) is 5.52. The number of pyridine rings is 1. The van der Waals surface area contributed by atoms with Crippen molar-refractivity contribution in [2.45, 2.75) is 25.1 Å². The van der Waals surface area contributed by atoms with E-state index in [0.717, 1.165) is 17.2 Å². The molecule has 2 aromatic carbocycles. The molecule has 0 radical (unpaired) electrons. The van der Waals surface area contributed by atoms with Gasteiger partial charge in [-0.05, 0) is 55.3 Å². The predicted octanol–water partition coefficient (Wildman–Crippen LogP) is 5.06. The summed E-state index contributed by atoms with van der Waals surface area (Å²) >= 11 is 0. The van der Waals surface area contributed by atoms with Crippen molar-refractivity contribution in [2.75, 3.05) is 4.72 Å². The molecule has 5 nitrogen and oxygen atoms in total. The van der Waals surface area contributed by atoms with Crippen LogP contribution < -0.4 is 9.46 Å². The molecule has 1 aromatic heterocycles. The lowest BCUT2D eigenvalue weighted by molar-refractivity contribution is -0.274. The summed E-state index contributed by atoms with van der Waals surface area (Å²) in [7, 11) is -4.10. The third-order valence-electron chi connectivity index (χ3n) is 4.13. The quantitative estimate of drug-likeness (QED) is 0.624. The fraction of sp³-hybridized carbons (Fsp3) is 0.150. The highest BCUT2D eigenvalue weighted by Gasteiger charge is 2.33. The summed E-state index contributed by atoms with van der Waals surface area (Å²) < 4.78 is 70.2. The molecule has 0 fully saturated rings. The second-order valence-electron chi connectivity index (χ2n) is 6.37. The monoisotopic (exact) mass is 422 g/mol. The van der Waals surface area contributed by atoms with Crippen molar-refractivity contribution in [3.8, 4) is 16.9 Å². The molecule has 0 saturated heterocycles. The van der Waals surface area contributed by atoms with Crippen molar-refractivity contribution in [2.24, 2.45) is 0 Å². The molecule has 0 aliphatic heterocycles. The standard InChI is InChI=1S/C20H17F3N2O3S/c1-13-3-6-16(7-4-13)29(26,27)25-18-8-5-15(11-19(18)28-20(21,22)23)17-12-24-10-9-14(17)2/h3-12,25H,1-2H3. The van der Waals surface area contributed by atoms with Gasteiger partial charge in [-0.3, -0.25) is 9.71 Å². The van der Waals surface area contributed by atoms with Crippen molar-refractivity contribution < 1.29 is 26.3 Å². The molecule has 0 bridgehead atoms. The van der Waals surface area contributed by atoms with Crippen LogP contribution >= 0.6 is 0 Å². The first kappa shape index (κ1) is 20.7. The van der Waals surface area contributed by atoms with Crippen LogP contribution in [0, 0.1) is 13.8 Å². The van der Waals surface area contributed by atoms with Gasteiger partial charge in [-0.15, -0.1) is 13.2 Å². The summed E-state index contributed by atoms with van der Waals surface area (Å²) in [6.45, 7) is 3.58. The molecule has 1 N–H and O–H groups in total. The van der Waals surface area contributed by atoms with Gasteiger partial charge in [-0.2, -0.15) is 0 Å². The Morgan fingerprint density at radius 2 is 1.69 bits per heavy atom. The molecule has 0 amide bonds. The number of aryl methyl sites for hydroxylation is 2. The molecule has 0 aliphatic carbocycles. The number of rotatable bonds is 5. The highest BCUT2D eigenvalue weighted by atomic mass is 32.2. The van der Waals surface area contributed by atoms with Crippen LogP contribution in [0.1, 0.15) is 11.1 Å². The molecular formula is C20H17F3N2O3S. The van der Waals surface area contributed by atoms with Crippen LogP contribution in [0.4, 0.5) is 18.9 Å². The predicted molar refractivity (Wildman–Crippen MR) is 103 cm³/mol. The van der Waals surface area contributed by atoms with E-state index in [2.05, 4.69) is 14.4 Å². The van der Waals surface area contributed by atoms with E-state index >= 15 is 0 Å². The second kappa shape index (κ2) is 7.75. The number of benzene rings is 2. The zero-order chi connectivity index (χ0) is 21.2. The van der Waals surface area contributed by atoms with E-state index in [-0.39, 0.29) is 10.6 Å². The van der Waals surface area contributed by atoms with Gasteiger partial charge >= 0.3 is 6.36 Å². The lowest BCUT2D eigenvalue weighted by atomic mass is 10.0. The maximum absolute atomic E-state index is 12.9. The summed E-state index contributed by atoms with van der Waals surface area (Å²) in [6, 6.07) is 11.5. The van der Waals surface area contributed by atoms with Gasteiger partial charge in [0.2, 0.25) is 0 Å². The van der Waals surface area contributed by atoms with Crippen LogP contribution in [0.3, 0.4) is 0 Å². The molecule has 0 atom stereocenters. The van der Waals surface area contributed by atoms with Crippen LogP contribution in [-0.2, 0) is 10.0 Å². The van der Waals surface area contributed by atoms with Gasteiger partial charge in [-0.25, -0.2) is 8.42 Å². The fourth-order valence-electron chi connectivity index (χ4n) is 2.67. The lowest BCUT2D eigenvalue weighted by Gasteiger charge is -2.17. The molecule has 0 unspecified atom stereocenters. The number of hydrogen-bond acceptors (Lipinski definition) is 4. The number of alkyl halides is 3. The number of halogens is 3. The zero-order valence-electron chi connectivity index (χ0n) is 15.5. The average Bonchev–Trinajstić information content (AvgIpc) is 2.63. The molecule has 0 saturated carbocycles. The van der Waals surface area contributed by atoms with Gasteiger partial charge in [-0.1, -0.05) is 23.8 Å². The highest BCUT2D eigenvalue weighted by molar-refractivity contribution is 7.92. The lowest BCUT2D eigenvalue weighted by Crippen LogP contribution is -2.20. The van der Waals surface area contributed by atoms with Crippen molar-refractivity contribution in [1.29, 1.82) is 0 Å². The Morgan fingerprint density at radius 3 is 2.31 bits per heavy atom. The van der Waals surface area contributed by atoms with Crippen LogP contribution in [0.15, 0.2) is 65.8 Å². The molecule has 3 rings (SSSR count). The number of aromatic nitrogens is 1. The summed E-state index contributed by atoms with van der Waals surface area (Å²) in [4.78, 5) is 3.90. The SMILES string of the molecule is Cc1ccc(S(=O)(=O)Nc2ccc(-c3cnccc3C)cc2OC(F)(F)F)cc1. The molecule has 3 aromatic rings. The summed E-state index contributed by atoms with van der Waals surface area (Å²) in [5.74, 6) is -0.658. The Hall–Kier alpha value is -3.07. The minimum atomic E-state index is -4.99. The third kappa shape index (κ3) is 5.05. The Balaban J connectivity index is 2.03. The normalized spacial score (nSPS) is 11.9. The number of nitrogens with zero attached hydrogens (tertiary/aromatic N) is 1. The van der Waals surface area contributed by atoms with Crippen molar-refractivity contribution in [1.82, 2.24) is 4.98 Å². The molecule has 0 spiro atoms. The summed E-state index contributed by atoms with van der Waals surface area (Å²) in [5.41, 5.74) is 2.33. The van der Waals surface area contributed by atoms with Crippen molar-refractivity contribution in [3.63, 3.8) is 0 Å². The maximum Gasteiger partial charge on any atom is 0.573 e. The van der Waals surface area contributed by atoms with Gasteiger partial charge in [0.25, 0.3) is 10.0 Å². The average molecular weight is 422 g/mol. The van der Waals surface area contributed by atoms with Gasteiger partial charge in [0.15, 0.2) is 5.75 Å². The minimum absolute atomic E-state index is 0.0757. The van der Waals surface area contributed by atoms with Gasteiger partial charge < -0.3 is 4.74 Å². The molecular weight excluding hydrogens is 405 g/mol. The minimum Gasteiger partial charge on any atom is -0.404 e. The van der Waals surface area contributed by atoms with Crippen LogP contribution in [0.5, 0.6) is 5.75 Å². The fourth-order valence-corrected chi connectivity index (χ4v) is 3.74. The largest absolute Gasteiger partial charge is 0.573 e. The zero-order valence-corrected chi connectivity index (χ0v) is 16.3. The molecule has 9 heteroatoms. The van der Waals surface area contributed by atoms with E-state index in [1.165, 1.54) is 30.5 Å². The number of sulfonamides is 1. The van der Waals surface area contributed by atoms with Crippen LogP contribution in [0.2, 0.25) is 0 Å². The first-order valence-electron chi connectivity index (χ1n) is 8.45. The summed E-state index contributed by atoms with van der Waals surface area (Å²) in [6.07, 6.45) is -1.92. The molecule has 1 heterocycles. The second-order valence-corrected chi connectivity index (χ2v) is 8.05. The van der Waals surface area contributed by atoms with E-state index in [1.54, 1.807) is 38.2 Å². The number of ether oxygens (including phenoxy) is 1. The smallest absolute Gasteiger partial charge is 0.404 e. The summed E-state index contributed by atoms with van der Waals surface area (Å²) in [5, 5.41) is 0. The van der Waals surface area contributed by atoms with E-state index in [9.17, 15) is 21.6 Å². The van der Waals surface area contributed by atoms with Gasteiger partial charge in [0, 0.05) is 18.0 Å². The number of hydrogen-bond donors (Lipinski definition) is 1. The molecule has 0 aliphatic rings. The van der Waals surface area contributed by atoms with Gasteiger partial charge in [0.05, 0.1) is 10.6 Å². The van der Waals surface area contributed by atoms with E-state index in [0.29, 0.717) is 11.1 Å². The van der Waals surface area contributed by atoms with E-state index in [1.807, 2.05) is 0 Å². The number of anilines is 1. The third-order valence-corrected chi connectivity index (χ3v) is 5.51. The van der Waals surface area contributed by atoms with E-state index < -0.39 is 22.1 Å². The highest BCUT2D eigenvalue weighted by Crippen LogP contribution is 2.36. The van der Waals surface area contributed by atoms with Crippen LogP contribution in [-0.4, -0.2) is 19.8 Å². The topological polar surface area (TPSA) is 68.3 Å².